The van der Waals surface area contributed by atoms with E-state index in [1.807, 2.05) is 0 Å². The molecule has 15 heavy (non-hydrogen) atoms. The fourth-order valence-electron chi connectivity index (χ4n) is 1.19. The van der Waals surface area contributed by atoms with Crippen LogP contribution < -0.4 is 5.73 Å². The van der Waals surface area contributed by atoms with E-state index < -0.39 is 10.6 Å². The molecule has 0 aromatic heterocycles. The number of aliphatic hydroxyl groups is 2. The summed E-state index contributed by atoms with van der Waals surface area (Å²) >= 11 is 0. The van der Waals surface area contributed by atoms with Gasteiger partial charge in [0.1, 0.15) is 5.72 Å². The second-order valence-electron chi connectivity index (χ2n) is 3.20. The predicted octanol–water partition coefficient (Wildman–Crippen LogP) is 0.0810. The van der Waals surface area contributed by atoms with Crippen LogP contribution >= 0.6 is 0 Å². The molecule has 82 valence electrons. The normalized spacial score (nSPS) is 14.6. The first-order valence-corrected chi connectivity index (χ1v) is 4.34. The highest BCUT2D eigenvalue weighted by molar-refractivity contribution is 5.34. The van der Waals surface area contributed by atoms with Crippen molar-refractivity contribution >= 4 is 5.69 Å². The third-order valence-electron chi connectivity index (χ3n) is 2.07. The summed E-state index contributed by atoms with van der Waals surface area (Å²) in [6.45, 7) is -0.260. The van der Waals surface area contributed by atoms with Crippen LogP contribution in [0.25, 0.3) is 0 Å². The lowest BCUT2D eigenvalue weighted by molar-refractivity contribution is -0.384. The van der Waals surface area contributed by atoms with E-state index in [0.717, 1.165) is 0 Å². The van der Waals surface area contributed by atoms with Crippen molar-refractivity contribution in [2.45, 2.75) is 12.1 Å². The van der Waals surface area contributed by atoms with Gasteiger partial charge in [0, 0.05) is 25.2 Å². The summed E-state index contributed by atoms with van der Waals surface area (Å²) in [4.78, 5) is 9.82. The van der Waals surface area contributed by atoms with E-state index in [9.17, 15) is 15.2 Å². The molecule has 0 aliphatic heterocycles. The summed E-state index contributed by atoms with van der Waals surface area (Å²) in [5, 5.41) is 28.7. The molecule has 6 nitrogen and oxygen atoms in total. The average molecular weight is 212 g/mol. The molecule has 1 aromatic rings. The fraction of sp³-hybridized carbons (Fsp3) is 0.333. The van der Waals surface area contributed by atoms with Gasteiger partial charge in [0.25, 0.3) is 5.69 Å². The Kier molecular flexibility index (Phi) is 3.35. The molecule has 1 atom stereocenters. The lowest BCUT2D eigenvalue weighted by atomic mass is 10.0. The topological polar surface area (TPSA) is 110 Å². The molecule has 0 fully saturated rings. The minimum absolute atomic E-state index is 0.0230. The molecular formula is C9H12N2O4. The molecule has 0 saturated heterocycles. The smallest absolute Gasteiger partial charge is 0.269 e. The zero-order valence-electron chi connectivity index (χ0n) is 7.96. The zero-order chi connectivity index (χ0) is 11.5. The van der Waals surface area contributed by atoms with E-state index >= 15 is 0 Å². The van der Waals surface area contributed by atoms with Gasteiger partial charge >= 0.3 is 0 Å². The molecule has 1 rings (SSSR count). The highest BCUT2D eigenvalue weighted by Crippen LogP contribution is 2.21. The first-order chi connectivity index (χ1) is 6.97. The van der Waals surface area contributed by atoms with Crippen molar-refractivity contribution in [3.63, 3.8) is 0 Å². The van der Waals surface area contributed by atoms with Crippen molar-refractivity contribution in [3.05, 3.63) is 39.9 Å². The Bertz CT molecular complexity index is 348. The summed E-state index contributed by atoms with van der Waals surface area (Å²) < 4.78 is 0. The van der Waals surface area contributed by atoms with Crippen molar-refractivity contribution in [3.8, 4) is 0 Å². The largest absolute Gasteiger partial charge is 0.396 e. The Labute approximate surface area is 86.1 Å². The Morgan fingerprint density at radius 3 is 2.33 bits per heavy atom. The summed E-state index contributed by atoms with van der Waals surface area (Å²) in [5.41, 5.74) is 4.12. The number of nitro benzene ring substituents is 1. The van der Waals surface area contributed by atoms with Gasteiger partial charge in [-0.1, -0.05) is 0 Å². The number of nitro groups is 1. The fourth-order valence-corrected chi connectivity index (χ4v) is 1.19. The van der Waals surface area contributed by atoms with Gasteiger partial charge in [-0.2, -0.15) is 0 Å². The first-order valence-electron chi connectivity index (χ1n) is 4.34. The molecule has 0 heterocycles. The van der Waals surface area contributed by atoms with Gasteiger partial charge < -0.3 is 10.2 Å². The van der Waals surface area contributed by atoms with Crippen LogP contribution in [0, 0.1) is 10.1 Å². The van der Waals surface area contributed by atoms with Crippen molar-refractivity contribution in [2.75, 3.05) is 6.61 Å². The number of non-ortho nitro benzene ring substituents is 1. The van der Waals surface area contributed by atoms with Crippen molar-refractivity contribution in [2.24, 2.45) is 5.73 Å². The molecule has 0 aliphatic carbocycles. The van der Waals surface area contributed by atoms with Gasteiger partial charge in [-0.25, -0.2) is 0 Å². The Morgan fingerprint density at radius 2 is 1.93 bits per heavy atom. The van der Waals surface area contributed by atoms with Gasteiger partial charge in [-0.05, 0) is 17.7 Å². The van der Waals surface area contributed by atoms with Crippen LogP contribution in [0.5, 0.6) is 0 Å². The summed E-state index contributed by atoms with van der Waals surface area (Å²) in [5.74, 6) is 0. The van der Waals surface area contributed by atoms with Crippen LogP contribution in [0.4, 0.5) is 5.69 Å². The number of rotatable bonds is 4. The van der Waals surface area contributed by atoms with Gasteiger partial charge in [-0.3, -0.25) is 15.8 Å². The number of aliphatic hydroxyl groups excluding tert-OH is 1. The van der Waals surface area contributed by atoms with E-state index in [2.05, 4.69) is 0 Å². The monoisotopic (exact) mass is 212 g/mol. The summed E-state index contributed by atoms with van der Waals surface area (Å²) in [6, 6.07) is 5.25. The maximum Gasteiger partial charge on any atom is 0.269 e. The van der Waals surface area contributed by atoms with Crippen molar-refractivity contribution in [1.82, 2.24) is 0 Å². The second-order valence-corrected chi connectivity index (χ2v) is 3.20. The van der Waals surface area contributed by atoms with Gasteiger partial charge in [0.05, 0.1) is 4.92 Å². The third kappa shape index (κ3) is 2.72. The standard InChI is InChI=1S/C9H12N2O4/c10-9(13,5-6-12)7-1-3-8(4-2-7)11(14)15/h1-4,12-13H,5-6,10H2/t9-/m0/s1. The van der Waals surface area contributed by atoms with E-state index in [0.29, 0.717) is 5.56 Å². The van der Waals surface area contributed by atoms with Crippen LogP contribution in [0.3, 0.4) is 0 Å². The van der Waals surface area contributed by atoms with E-state index in [-0.39, 0.29) is 18.7 Å². The lowest BCUT2D eigenvalue weighted by Gasteiger charge is -2.22. The molecular weight excluding hydrogens is 200 g/mol. The van der Waals surface area contributed by atoms with Crippen LogP contribution in [0.15, 0.2) is 24.3 Å². The zero-order valence-corrected chi connectivity index (χ0v) is 7.96. The van der Waals surface area contributed by atoms with Crippen LogP contribution in [-0.4, -0.2) is 21.7 Å². The first kappa shape index (κ1) is 11.6. The van der Waals surface area contributed by atoms with Crippen molar-refractivity contribution in [1.29, 1.82) is 0 Å². The molecule has 4 N–H and O–H groups in total. The number of nitrogens with two attached hydrogens (primary N) is 1. The average Bonchev–Trinajstić information content (AvgIpc) is 2.18. The maximum atomic E-state index is 10.4. The third-order valence-corrected chi connectivity index (χ3v) is 2.07. The van der Waals surface area contributed by atoms with Gasteiger partial charge in [0.15, 0.2) is 0 Å². The SMILES string of the molecule is N[C@](O)(CCO)c1ccc([N+](=O)[O-])cc1. The van der Waals surface area contributed by atoms with Gasteiger partial charge in [0.2, 0.25) is 0 Å². The van der Waals surface area contributed by atoms with E-state index in [1.165, 1.54) is 24.3 Å². The Hall–Kier alpha value is -1.50. The lowest BCUT2D eigenvalue weighted by Crippen LogP contribution is -2.37. The molecule has 0 spiro atoms. The molecule has 0 unspecified atom stereocenters. The second kappa shape index (κ2) is 4.35. The van der Waals surface area contributed by atoms with E-state index in [1.54, 1.807) is 0 Å². The van der Waals surface area contributed by atoms with Crippen LogP contribution in [0.2, 0.25) is 0 Å². The number of nitrogens with zero attached hydrogens (tertiary/aromatic N) is 1. The Morgan fingerprint density at radius 1 is 1.40 bits per heavy atom. The number of benzene rings is 1. The summed E-state index contributed by atoms with van der Waals surface area (Å²) in [6.07, 6.45) is -0.0230. The highest BCUT2D eigenvalue weighted by atomic mass is 16.6. The molecule has 0 radical (unpaired) electrons. The predicted molar refractivity (Wildman–Crippen MR) is 52.9 cm³/mol. The quantitative estimate of drug-likeness (QED) is 0.372. The molecule has 1 aromatic carbocycles. The minimum atomic E-state index is -1.65. The number of hydrogen-bond donors (Lipinski definition) is 3. The molecule has 0 bridgehead atoms. The van der Waals surface area contributed by atoms with Crippen LogP contribution in [-0.2, 0) is 5.72 Å². The van der Waals surface area contributed by atoms with Gasteiger partial charge in [-0.15, -0.1) is 0 Å². The summed E-state index contributed by atoms with van der Waals surface area (Å²) in [7, 11) is 0. The molecule has 0 amide bonds. The molecule has 0 aliphatic rings. The number of hydrogen-bond acceptors (Lipinski definition) is 5. The Balaban J connectivity index is 2.93. The minimum Gasteiger partial charge on any atom is -0.396 e. The molecule has 0 saturated carbocycles. The maximum absolute atomic E-state index is 10.4. The van der Waals surface area contributed by atoms with E-state index in [4.69, 9.17) is 10.8 Å². The highest BCUT2D eigenvalue weighted by Gasteiger charge is 2.23. The van der Waals surface area contributed by atoms with Crippen molar-refractivity contribution < 1.29 is 15.1 Å². The van der Waals surface area contributed by atoms with Crippen LogP contribution in [0.1, 0.15) is 12.0 Å². The molecule has 6 heteroatoms.